The summed E-state index contributed by atoms with van der Waals surface area (Å²) in [5.74, 6) is 0.603. The molecule has 1 aliphatic carbocycles. The molecule has 2 aliphatic rings. The first-order valence-corrected chi connectivity index (χ1v) is 7.93. The molecule has 19 heavy (non-hydrogen) atoms. The fourth-order valence-corrected chi connectivity index (χ4v) is 3.72. The van der Waals surface area contributed by atoms with E-state index in [0.717, 1.165) is 6.04 Å². The molecule has 104 valence electrons. The van der Waals surface area contributed by atoms with Gasteiger partial charge in [0.2, 0.25) is 0 Å². The van der Waals surface area contributed by atoms with E-state index in [-0.39, 0.29) is 0 Å². The van der Waals surface area contributed by atoms with Gasteiger partial charge in [0, 0.05) is 37.1 Å². The Morgan fingerprint density at radius 1 is 0.947 bits per heavy atom. The van der Waals surface area contributed by atoms with Gasteiger partial charge in [0.25, 0.3) is 0 Å². The minimum Gasteiger partial charge on any atom is -0.300 e. The Bertz CT molecular complexity index is 371. The molecular weight excluding hydrogens is 234 g/mol. The van der Waals surface area contributed by atoms with Crippen molar-refractivity contribution < 1.29 is 0 Å². The van der Waals surface area contributed by atoms with E-state index < -0.39 is 0 Å². The van der Waals surface area contributed by atoms with Gasteiger partial charge in [0.15, 0.2) is 0 Å². The topological polar surface area (TPSA) is 29.0 Å². The summed E-state index contributed by atoms with van der Waals surface area (Å²) >= 11 is 0. The summed E-state index contributed by atoms with van der Waals surface area (Å²) in [6.45, 7) is 2.49. The van der Waals surface area contributed by atoms with Crippen molar-refractivity contribution in [3.05, 3.63) is 24.3 Å². The van der Waals surface area contributed by atoms with Gasteiger partial charge >= 0.3 is 0 Å². The first-order valence-electron chi connectivity index (χ1n) is 7.93. The molecule has 2 heterocycles. The van der Waals surface area contributed by atoms with Crippen LogP contribution in [0.1, 0.15) is 63.0 Å². The summed E-state index contributed by atoms with van der Waals surface area (Å²) in [6.07, 6.45) is 16.7. The summed E-state index contributed by atoms with van der Waals surface area (Å²) < 4.78 is 0. The van der Waals surface area contributed by atoms with E-state index in [1.54, 1.807) is 6.20 Å². The van der Waals surface area contributed by atoms with Gasteiger partial charge < -0.3 is 0 Å². The van der Waals surface area contributed by atoms with Crippen molar-refractivity contribution in [2.75, 3.05) is 13.1 Å². The Morgan fingerprint density at radius 3 is 2.53 bits per heavy atom. The molecule has 0 amide bonds. The Labute approximate surface area is 116 Å². The molecule has 1 saturated carbocycles. The molecular formula is C16H25N3. The largest absolute Gasteiger partial charge is 0.300 e. The third kappa shape index (κ3) is 3.33. The molecule has 0 unspecified atom stereocenters. The standard InChI is InChI=1S/C16H25N3/c1-2-4-8-15(7-3-1)19-11-5-6-14(13-19)16-12-17-9-10-18-16/h9-10,12,14-15H,1-8,11,13H2/t14-/m0/s1. The van der Waals surface area contributed by atoms with Crippen LogP contribution in [-0.2, 0) is 0 Å². The SMILES string of the molecule is c1cnc([C@H]2CCCN(C3CCCCCC3)C2)cn1. The highest BCUT2D eigenvalue weighted by atomic mass is 15.2. The molecule has 0 aromatic carbocycles. The van der Waals surface area contributed by atoms with Crippen LogP contribution in [-0.4, -0.2) is 34.0 Å². The van der Waals surface area contributed by atoms with Crippen LogP contribution >= 0.6 is 0 Å². The number of piperidine rings is 1. The van der Waals surface area contributed by atoms with Crippen LogP contribution in [0.3, 0.4) is 0 Å². The molecule has 3 rings (SSSR count). The average molecular weight is 259 g/mol. The molecule has 1 aromatic heterocycles. The van der Waals surface area contributed by atoms with Crippen LogP contribution in [0.4, 0.5) is 0 Å². The Hall–Kier alpha value is -0.960. The summed E-state index contributed by atoms with van der Waals surface area (Å²) in [6, 6.07) is 0.835. The lowest BCUT2D eigenvalue weighted by Crippen LogP contribution is -2.42. The van der Waals surface area contributed by atoms with E-state index in [0.29, 0.717) is 5.92 Å². The molecule has 1 aliphatic heterocycles. The van der Waals surface area contributed by atoms with Crippen LogP contribution in [0.5, 0.6) is 0 Å². The van der Waals surface area contributed by atoms with Crippen molar-refractivity contribution >= 4 is 0 Å². The van der Waals surface area contributed by atoms with E-state index >= 15 is 0 Å². The van der Waals surface area contributed by atoms with Gasteiger partial charge in [0.1, 0.15) is 0 Å². The van der Waals surface area contributed by atoms with Gasteiger partial charge in [0.05, 0.1) is 5.69 Å². The van der Waals surface area contributed by atoms with Crippen molar-refractivity contribution in [3.63, 3.8) is 0 Å². The summed E-state index contributed by atoms with van der Waals surface area (Å²) in [5, 5.41) is 0. The second-order valence-corrected chi connectivity index (χ2v) is 6.11. The number of rotatable bonds is 2. The lowest BCUT2D eigenvalue weighted by molar-refractivity contribution is 0.134. The number of nitrogens with zero attached hydrogens (tertiary/aromatic N) is 3. The Balaban J connectivity index is 1.64. The number of hydrogen-bond acceptors (Lipinski definition) is 3. The highest BCUT2D eigenvalue weighted by molar-refractivity contribution is 5.06. The van der Waals surface area contributed by atoms with Crippen molar-refractivity contribution in [1.29, 1.82) is 0 Å². The van der Waals surface area contributed by atoms with E-state index in [1.165, 1.54) is 70.2 Å². The first kappa shape index (κ1) is 13.0. The number of likely N-dealkylation sites (tertiary alicyclic amines) is 1. The number of hydrogen-bond donors (Lipinski definition) is 0. The van der Waals surface area contributed by atoms with Gasteiger partial charge in [-0.05, 0) is 32.2 Å². The third-order valence-electron chi connectivity index (χ3n) is 4.80. The van der Waals surface area contributed by atoms with Crippen LogP contribution in [0.2, 0.25) is 0 Å². The average Bonchev–Trinajstić information content (AvgIpc) is 2.77. The molecule has 1 saturated heterocycles. The lowest BCUT2D eigenvalue weighted by Gasteiger charge is -2.37. The zero-order valence-corrected chi connectivity index (χ0v) is 11.8. The van der Waals surface area contributed by atoms with E-state index in [1.807, 2.05) is 12.4 Å². The van der Waals surface area contributed by atoms with Gasteiger partial charge in [-0.3, -0.25) is 14.9 Å². The molecule has 0 spiro atoms. The minimum absolute atomic E-state index is 0.603. The van der Waals surface area contributed by atoms with E-state index in [4.69, 9.17) is 0 Å². The maximum Gasteiger partial charge on any atom is 0.0630 e. The molecule has 0 radical (unpaired) electrons. The second kappa shape index (κ2) is 6.47. The Morgan fingerprint density at radius 2 is 1.79 bits per heavy atom. The maximum atomic E-state index is 4.51. The minimum atomic E-state index is 0.603. The lowest BCUT2D eigenvalue weighted by atomic mass is 9.92. The highest BCUT2D eigenvalue weighted by Gasteiger charge is 2.27. The fraction of sp³-hybridized carbons (Fsp3) is 0.750. The second-order valence-electron chi connectivity index (χ2n) is 6.11. The fourth-order valence-electron chi connectivity index (χ4n) is 3.72. The Kier molecular flexibility index (Phi) is 4.44. The predicted molar refractivity (Wildman–Crippen MR) is 77.1 cm³/mol. The van der Waals surface area contributed by atoms with Crippen LogP contribution in [0.25, 0.3) is 0 Å². The van der Waals surface area contributed by atoms with Crippen molar-refractivity contribution in [1.82, 2.24) is 14.9 Å². The van der Waals surface area contributed by atoms with E-state index in [9.17, 15) is 0 Å². The maximum absolute atomic E-state index is 4.51. The summed E-state index contributed by atoms with van der Waals surface area (Å²) in [4.78, 5) is 11.5. The molecule has 1 atom stereocenters. The molecule has 0 N–H and O–H groups in total. The smallest absolute Gasteiger partial charge is 0.0630 e. The van der Waals surface area contributed by atoms with Crippen LogP contribution < -0.4 is 0 Å². The zero-order valence-electron chi connectivity index (χ0n) is 11.8. The molecule has 0 bridgehead atoms. The van der Waals surface area contributed by atoms with Crippen molar-refractivity contribution in [3.8, 4) is 0 Å². The molecule has 3 nitrogen and oxygen atoms in total. The molecule has 3 heteroatoms. The first-order chi connectivity index (χ1) is 9.43. The number of aromatic nitrogens is 2. The van der Waals surface area contributed by atoms with Gasteiger partial charge in [-0.2, -0.15) is 0 Å². The van der Waals surface area contributed by atoms with Gasteiger partial charge in [-0.15, -0.1) is 0 Å². The van der Waals surface area contributed by atoms with Crippen molar-refractivity contribution in [2.45, 2.75) is 63.3 Å². The van der Waals surface area contributed by atoms with Crippen molar-refractivity contribution in [2.24, 2.45) is 0 Å². The summed E-state index contributed by atoms with van der Waals surface area (Å²) in [7, 11) is 0. The normalized spacial score (nSPS) is 27.1. The molecule has 1 aromatic rings. The molecule has 2 fully saturated rings. The summed E-state index contributed by atoms with van der Waals surface area (Å²) in [5.41, 5.74) is 1.20. The zero-order chi connectivity index (χ0) is 12.9. The van der Waals surface area contributed by atoms with Gasteiger partial charge in [-0.25, -0.2) is 0 Å². The van der Waals surface area contributed by atoms with Gasteiger partial charge in [-0.1, -0.05) is 25.7 Å². The highest BCUT2D eigenvalue weighted by Crippen LogP contribution is 2.30. The van der Waals surface area contributed by atoms with Crippen LogP contribution in [0, 0.1) is 0 Å². The quantitative estimate of drug-likeness (QED) is 0.762. The van der Waals surface area contributed by atoms with Crippen LogP contribution in [0.15, 0.2) is 18.6 Å². The predicted octanol–water partition coefficient (Wildman–Crippen LogP) is 3.38. The monoisotopic (exact) mass is 259 g/mol. The van der Waals surface area contributed by atoms with E-state index in [2.05, 4.69) is 14.9 Å². The third-order valence-corrected chi connectivity index (χ3v) is 4.80.